The lowest BCUT2D eigenvalue weighted by Crippen LogP contribution is -1.91. The van der Waals surface area contributed by atoms with Crippen molar-refractivity contribution in [2.45, 2.75) is 0 Å². The summed E-state index contributed by atoms with van der Waals surface area (Å²) in [5.41, 5.74) is 5.54. The van der Waals surface area contributed by atoms with Crippen LogP contribution in [0.4, 0.5) is 10.8 Å². The first-order valence-corrected chi connectivity index (χ1v) is 7.81. The fourth-order valence-corrected chi connectivity index (χ4v) is 2.90. The average Bonchev–Trinajstić information content (AvgIpc) is 3.16. The molecule has 4 rings (SSSR count). The van der Waals surface area contributed by atoms with Crippen LogP contribution in [0.2, 0.25) is 5.02 Å². The zero-order chi connectivity index (χ0) is 14.9. The number of pyridine rings is 1. The van der Waals surface area contributed by atoms with Crippen LogP contribution in [0.25, 0.3) is 16.9 Å². The van der Waals surface area contributed by atoms with Crippen molar-refractivity contribution >= 4 is 39.4 Å². The van der Waals surface area contributed by atoms with Crippen LogP contribution >= 0.6 is 22.9 Å². The van der Waals surface area contributed by atoms with E-state index in [2.05, 4.69) is 26.6 Å². The third-order valence-electron chi connectivity index (χ3n) is 3.24. The molecule has 1 aromatic carbocycles. The number of hydrogen-bond donors (Lipinski definition) is 1. The van der Waals surface area contributed by atoms with E-state index in [0.717, 1.165) is 27.7 Å². The van der Waals surface area contributed by atoms with Crippen LogP contribution in [0.15, 0.2) is 54.3 Å². The van der Waals surface area contributed by atoms with E-state index in [1.807, 2.05) is 47.1 Å². The topological polar surface area (TPSA) is 55.1 Å². The summed E-state index contributed by atoms with van der Waals surface area (Å²) >= 11 is 7.46. The fraction of sp³-hybridized carbons (Fsp3) is 0. The molecule has 0 aliphatic heterocycles. The van der Waals surface area contributed by atoms with Gasteiger partial charge in [0.25, 0.3) is 0 Å². The summed E-state index contributed by atoms with van der Waals surface area (Å²) in [4.78, 5) is 4.40. The Balaban J connectivity index is 1.75. The van der Waals surface area contributed by atoms with E-state index in [9.17, 15) is 0 Å². The quantitative estimate of drug-likeness (QED) is 0.611. The monoisotopic (exact) mass is 327 g/mol. The largest absolute Gasteiger partial charge is 0.330 e. The molecule has 108 valence electrons. The molecule has 0 bridgehead atoms. The number of imidazole rings is 1. The van der Waals surface area contributed by atoms with Gasteiger partial charge in [-0.2, -0.15) is 0 Å². The Labute approximate surface area is 135 Å². The first kappa shape index (κ1) is 13.2. The zero-order valence-corrected chi connectivity index (χ0v) is 12.8. The zero-order valence-electron chi connectivity index (χ0n) is 11.3. The van der Waals surface area contributed by atoms with E-state index in [1.165, 1.54) is 11.3 Å². The van der Waals surface area contributed by atoms with E-state index < -0.39 is 0 Å². The third-order valence-corrected chi connectivity index (χ3v) is 4.09. The molecule has 0 amide bonds. The minimum atomic E-state index is 0.677. The summed E-state index contributed by atoms with van der Waals surface area (Å²) in [5, 5.41) is 12.5. The van der Waals surface area contributed by atoms with Crippen LogP contribution in [0, 0.1) is 0 Å². The van der Waals surface area contributed by atoms with Crippen molar-refractivity contribution in [3.05, 3.63) is 59.3 Å². The molecule has 0 unspecified atom stereocenters. The van der Waals surface area contributed by atoms with Gasteiger partial charge in [-0.3, -0.25) is 4.40 Å². The Kier molecular flexibility index (Phi) is 3.25. The average molecular weight is 328 g/mol. The highest BCUT2D eigenvalue weighted by atomic mass is 35.5. The lowest BCUT2D eigenvalue weighted by atomic mass is 10.1. The Morgan fingerprint density at radius 2 is 2.14 bits per heavy atom. The Bertz CT molecular complexity index is 932. The smallest absolute Gasteiger partial charge is 0.209 e. The number of halogens is 1. The van der Waals surface area contributed by atoms with Crippen molar-refractivity contribution < 1.29 is 0 Å². The van der Waals surface area contributed by atoms with Crippen molar-refractivity contribution in [2.75, 3.05) is 5.32 Å². The van der Waals surface area contributed by atoms with Crippen molar-refractivity contribution in [1.82, 2.24) is 19.6 Å². The number of aromatic nitrogens is 4. The van der Waals surface area contributed by atoms with E-state index in [-0.39, 0.29) is 0 Å². The number of nitrogens with zero attached hydrogens (tertiary/aromatic N) is 4. The lowest BCUT2D eigenvalue weighted by Gasteiger charge is -2.06. The summed E-state index contributed by atoms with van der Waals surface area (Å²) in [7, 11) is 0. The molecule has 3 aromatic heterocycles. The van der Waals surface area contributed by atoms with Crippen molar-refractivity contribution in [3.63, 3.8) is 0 Å². The van der Waals surface area contributed by atoms with E-state index in [4.69, 9.17) is 11.6 Å². The molecule has 5 nitrogen and oxygen atoms in total. The fourth-order valence-electron chi connectivity index (χ4n) is 2.28. The molecular formula is C15H10ClN5S. The predicted molar refractivity (Wildman–Crippen MR) is 88.8 cm³/mol. The first-order chi connectivity index (χ1) is 10.8. The van der Waals surface area contributed by atoms with Gasteiger partial charge in [0.1, 0.15) is 11.2 Å². The Morgan fingerprint density at radius 3 is 3.00 bits per heavy atom. The molecule has 0 saturated heterocycles. The highest BCUT2D eigenvalue weighted by Crippen LogP contribution is 2.26. The van der Waals surface area contributed by atoms with Gasteiger partial charge in [-0.25, -0.2) is 4.98 Å². The van der Waals surface area contributed by atoms with Gasteiger partial charge in [0.05, 0.1) is 11.9 Å². The minimum Gasteiger partial charge on any atom is -0.330 e. The van der Waals surface area contributed by atoms with Gasteiger partial charge in [-0.15, -0.1) is 10.2 Å². The molecule has 4 aromatic rings. The molecule has 1 N–H and O–H groups in total. The molecule has 0 radical (unpaired) electrons. The molecule has 0 saturated carbocycles. The second-order valence-corrected chi connectivity index (χ2v) is 5.94. The van der Waals surface area contributed by atoms with Crippen LogP contribution in [-0.4, -0.2) is 19.6 Å². The maximum atomic E-state index is 6.00. The van der Waals surface area contributed by atoms with Crippen LogP contribution in [0.5, 0.6) is 0 Å². The normalized spacial score (nSPS) is 11.0. The van der Waals surface area contributed by atoms with Crippen LogP contribution in [0.3, 0.4) is 0 Å². The minimum absolute atomic E-state index is 0.677. The number of rotatable bonds is 3. The maximum Gasteiger partial charge on any atom is 0.209 e. The Morgan fingerprint density at radius 1 is 1.18 bits per heavy atom. The van der Waals surface area contributed by atoms with Crippen LogP contribution < -0.4 is 5.32 Å². The number of fused-ring (bicyclic) bond motifs is 1. The van der Waals surface area contributed by atoms with Crippen molar-refractivity contribution in [3.8, 4) is 11.3 Å². The maximum absolute atomic E-state index is 6.00. The standard InChI is InChI=1S/C15H10ClN5S/c16-11-4-5-21-13(8-17-14(21)7-11)10-2-1-3-12(6-10)19-15-20-18-9-22-15/h1-9H,(H,19,20). The molecule has 0 fully saturated rings. The highest BCUT2D eigenvalue weighted by molar-refractivity contribution is 7.13. The second-order valence-electron chi connectivity index (χ2n) is 4.67. The number of anilines is 2. The summed E-state index contributed by atoms with van der Waals surface area (Å²) in [5.74, 6) is 0. The Hall–Kier alpha value is -2.44. The van der Waals surface area contributed by atoms with Gasteiger partial charge in [0.2, 0.25) is 5.13 Å². The third kappa shape index (κ3) is 2.43. The van der Waals surface area contributed by atoms with Gasteiger partial charge in [0, 0.05) is 28.5 Å². The molecule has 22 heavy (non-hydrogen) atoms. The van der Waals surface area contributed by atoms with Gasteiger partial charge < -0.3 is 5.32 Å². The summed E-state index contributed by atoms with van der Waals surface area (Å²) in [6.45, 7) is 0. The van der Waals surface area contributed by atoms with Crippen LogP contribution in [-0.2, 0) is 0 Å². The first-order valence-electron chi connectivity index (χ1n) is 6.56. The number of hydrogen-bond acceptors (Lipinski definition) is 5. The predicted octanol–water partition coefficient (Wildman–Crippen LogP) is 4.25. The molecule has 0 spiro atoms. The lowest BCUT2D eigenvalue weighted by molar-refractivity contribution is 1.09. The van der Waals surface area contributed by atoms with Crippen LogP contribution in [0.1, 0.15) is 0 Å². The molecular weight excluding hydrogens is 318 g/mol. The van der Waals surface area contributed by atoms with E-state index >= 15 is 0 Å². The SMILES string of the molecule is Clc1ccn2c(-c3cccc(Nc4nncs4)c3)cnc2c1. The summed E-state index contributed by atoms with van der Waals surface area (Å²) < 4.78 is 2.01. The molecule has 0 aliphatic carbocycles. The van der Waals surface area contributed by atoms with Gasteiger partial charge in [0.15, 0.2) is 0 Å². The van der Waals surface area contributed by atoms with Gasteiger partial charge >= 0.3 is 0 Å². The second kappa shape index (κ2) is 5.40. The summed E-state index contributed by atoms with van der Waals surface area (Å²) in [6, 6.07) is 11.8. The van der Waals surface area contributed by atoms with Gasteiger partial charge in [-0.1, -0.05) is 35.1 Å². The molecule has 0 atom stereocenters. The van der Waals surface area contributed by atoms with Crippen molar-refractivity contribution in [1.29, 1.82) is 0 Å². The number of benzene rings is 1. The molecule has 3 heterocycles. The summed E-state index contributed by atoms with van der Waals surface area (Å²) in [6.07, 6.45) is 3.76. The highest BCUT2D eigenvalue weighted by Gasteiger charge is 2.07. The van der Waals surface area contributed by atoms with Crippen molar-refractivity contribution in [2.24, 2.45) is 0 Å². The molecule has 0 aliphatic rings. The van der Waals surface area contributed by atoms with E-state index in [0.29, 0.717) is 5.02 Å². The van der Waals surface area contributed by atoms with Gasteiger partial charge in [-0.05, 0) is 18.2 Å². The molecule has 7 heteroatoms. The number of nitrogens with one attached hydrogen (secondary N) is 1. The van der Waals surface area contributed by atoms with E-state index in [1.54, 1.807) is 5.51 Å².